The first kappa shape index (κ1) is 31.5. The van der Waals surface area contributed by atoms with Crippen molar-refractivity contribution in [1.29, 1.82) is 0 Å². The van der Waals surface area contributed by atoms with Gasteiger partial charge in [-0.1, -0.05) is 59.1 Å². The maximum atomic E-state index is 13.7. The molecular weight excluding hydrogens is 614 g/mol. The number of hydrogen-bond acceptors (Lipinski definition) is 4. The number of halogens is 6. The molecule has 0 aliphatic heterocycles. The zero-order valence-corrected chi connectivity index (χ0v) is 24.1. The molecule has 0 bridgehead atoms. The van der Waals surface area contributed by atoms with Crippen molar-refractivity contribution in [1.82, 2.24) is 10.2 Å². The number of benzene rings is 3. The van der Waals surface area contributed by atoms with Crippen molar-refractivity contribution in [2.75, 3.05) is 17.9 Å². The normalized spacial score (nSPS) is 12.5. The van der Waals surface area contributed by atoms with E-state index in [4.69, 9.17) is 34.8 Å². The van der Waals surface area contributed by atoms with Gasteiger partial charge in [-0.2, -0.15) is 13.2 Å². The number of amides is 2. The number of likely N-dealkylation sites (N-methyl/N-ethyl adjacent to an activating group) is 1. The number of hydrogen-bond donors (Lipinski definition) is 1. The maximum absolute atomic E-state index is 13.7. The summed E-state index contributed by atoms with van der Waals surface area (Å²) >= 11 is 18.4. The molecule has 2 amide bonds. The third-order valence-electron chi connectivity index (χ3n) is 5.92. The lowest BCUT2D eigenvalue weighted by molar-refractivity contribution is -0.139. The Hall–Kier alpha value is -2.99. The van der Waals surface area contributed by atoms with Crippen LogP contribution in [0.4, 0.5) is 18.9 Å². The van der Waals surface area contributed by atoms with E-state index >= 15 is 0 Å². The van der Waals surface area contributed by atoms with Gasteiger partial charge in [-0.15, -0.1) is 0 Å². The SMILES string of the molecule is CNC(=O)[C@H](C)N(Cc1ccc(Cl)cc1Cl)C(=O)CN(c1cc(C(F)(F)F)ccc1Cl)S(=O)(=O)c1ccccc1. The Bertz CT molecular complexity index is 1510. The number of nitrogens with zero attached hydrogens (tertiary/aromatic N) is 2. The molecule has 3 aromatic rings. The van der Waals surface area contributed by atoms with Crippen LogP contribution in [0.15, 0.2) is 71.6 Å². The molecule has 0 aliphatic rings. The highest BCUT2D eigenvalue weighted by Gasteiger charge is 2.36. The van der Waals surface area contributed by atoms with Crippen molar-refractivity contribution in [3.8, 4) is 0 Å². The molecule has 0 spiro atoms. The topological polar surface area (TPSA) is 86.8 Å². The Morgan fingerprint density at radius 2 is 1.60 bits per heavy atom. The minimum Gasteiger partial charge on any atom is -0.357 e. The molecule has 1 atom stereocenters. The van der Waals surface area contributed by atoms with Crippen LogP contribution in [0.1, 0.15) is 18.1 Å². The van der Waals surface area contributed by atoms with Gasteiger partial charge in [0.15, 0.2) is 0 Å². The molecule has 0 aromatic heterocycles. The van der Waals surface area contributed by atoms with Gasteiger partial charge in [0.05, 0.1) is 21.2 Å². The number of anilines is 1. The molecule has 214 valence electrons. The van der Waals surface area contributed by atoms with Crippen molar-refractivity contribution in [3.63, 3.8) is 0 Å². The monoisotopic (exact) mass is 635 g/mol. The average molecular weight is 637 g/mol. The third kappa shape index (κ3) is 7.20. The maximum Gasteiger partial charge on any atom is 0.416 e. The summed E-state index contributed by atoms with van der Waals surface area (Å²) in [5.74, 6) is -1.48. The lowest BCUT2D eigenvalue weighted by Gasteiger charge is -2.32. The Balaban J connectivity index is 2.14. The Kier molecular flexibility index (Phi) is 9.99. The number of nitrogens with one attached hydrogen (secondary N) is 1. The summed E-state index contributed by atoms with van der Waals surface area (Å²) in [6.45, 7) is 0.192. The predicted molar refractivity (Wildman–Crippen MR) is 148 cm³/mol. The summed E-state index contributed by atoms with van der Waals surface area (Å²) in [6.07, 6.45) is -4.82. The molecule has 0 saturated heterocycles. The van der Waals surface area contributed by atoms with Crippen molar-refractivity contribution in [2.24, 2.45) is 0 Å². The Labute approximate surface area is 244 Å². The fourth-order valence-corrected chi connectivity index (χ4v) is 5.92. The second-order valence-corrected chi connectivity index (χ2v) is 11.6. The molecule has 7 nitrogen and oxygen atoms in total. The van der Waals surface area contributed by atoms with Crippen molar-refractivity contribution in [2.45, 2.75) is 30.6 Å². The highest BCUT2D eigenvalue weighted by Crippen LogP contribution is 2.37. The van der Waals surface area contributed by atoms with Gasteiger partial charge >= 0.3 is 6.18 Å². The molecule has 0 fully saturated rings. The molecule has 0 unspecified atom stereocenters. The first-order chi connectivity index (χ1) is 18.7. The summed E-state index contributed by atoms with van der Waals surface area (Å²) in [6, 6.07) is 12.4. The van der Waals surface area contributed by atoms with E-state index in [0.717, 1.165) is 11.0 Å². The van der Waals surface area contributed by atoms with Gasteiger partial charge in [0.1, 0.15) is 12.6 Å². The summed E-state index contributed by atoms with van der Waals surface area (Å²) in [5, 5.41) is 2.59. The Morgan fingerprint density at radius 3 is 2.17 bits per heavy atom. The van der Waals surface area contributed by atoms with Crippen LogP contribution in [0.2, 0.25) is 15.1 Å². The molecule has 14 heteroatoms. The zero-order valence-electron chi connectivity index (χ0n) is 21.0. The van der Waals surface area contributed by atoms with Crippen LogP contribution in [0.25, 0.3) is 0 Å². The first-order valence-electron chi connectivity index (χ1n) is 11.6. The molecule has 3 aromatic carbocycles. The predicted octanol–water partition coefficient (Wildman–Crippen LogP) is 6.02. The van der Waals surface area contributed by atoms with Crippen LogP contribution in [-0.2, 0) is 32.3 Å². The molecule has 40 heavy (non-hydrogen) atoms. The van der Waals surface area contributed by atoms with E-state index < -0.39 is 51.9 Å². The number of sulfonamides is 1. The highest BCUT2D eigenvalue weighted by molar-refractivity contribution is 7.92. The van der Waals surface area contributed by atoms with E-state index in [9.17, 15) is 31.2 Å². The van der Waals surface area contributed by atoms with Crippen LogP contribution in [0.5, 0.6) is 0 Å². The van der Waals surface area contributed by atoms with Gasteiger partial charge in [-0.05, 0) is 55.0 Å². The number of carbonyl (C=O) groups is 2. The summed E-state index contributed by atoms with van der Waals surface area (Å²) in [5.41, 5.74) is -1.34. The average Bonchev–Trinajstić information content (AvgIpc) is 2.90. The standard InChI is InChI=1S/C26H23Cl3F3N3O4S/c1-16(25(37)33-2)34(14-17-8-10-19(27)13-22(17)29)24(36)15-35(40(38,39)20-6-4-3-5-7-20)23-12-18(26(30,31)32)9-11-21(23)28/h3-13,16H,14-15H2,1-2H3,(H,33,37)/t16-/m0/s1. The van der Waals surface area contributed by atoms with Gasteiger partial charge in [0.2, 0.25) is 11.8 Å². The van der Waals surface area contributed by atoms with Gasteiger partial charge in [0, 0.05) is 23.6 Å². The fraction of sp³-hybridized carbons (Fsp3) is 0.231. The summed E-state index contributed by atoms with van der Waals surface area (Å²) in [4.78, 5) is 27.1. The van der Waals surface area contributed by atoms with E-state index in [1.807, 2.05) is 0 Å². The number of carbonyl (C=O) groups excluding carboxylic acids is 2. The second-order valence-electron chi connectivity index (χ2n) is 8.54. The van der Waals surface area contributed by atoms with Crippen LogP contribution in [0, 0.1) is 0 Å². The molecule has 0 radical (unpaired) electrons. The van der Waals surface area contributed by atoms with E-state index in [1.165, 1.54) is 56.4 Å². The summed E-state index contributed by atoms with van der Waals surface area (Å²) < 4.78 is 68.6. The first-order valence-corrected chi connectivity index (χ1v) is 14.1. The molecule has 0 saturated carbocycles. The minimum atomic E-state index is -4.82. The van der Waals surface area contributed by atoms with E-state index in [-0.39, 0.29) is 21.5 Å². The van der Waals surface area contributed by atoms with Gasteiger partial charge in [-0.25, -0.2) is 8.42 Å². The fourth-order valence-electron chi connectivity index (χ4n) is 3.74. The summed E-state index contributed by atoms with van der Waals surface area (Å²) in [7, 11) is -3.26. The lowest BCUT2D eigenvalue weighted by Crippen LogP contribution is -2.50. The van der Waals surface area contributed by atoms with E-state index in [2.05, 4.69) is 5.32 Å². The van der Waals surface area contributed by atoms with Crippen LogP contribution < -0.4 is 9.62 Å². The van der Waals surface area contributed by atoms with Gasteiger partial charge in [-0.3, -0.25) is 13.9 Å². The van der Waals surface area contributed by atoms with Gasteiger partial charge in [0.25, 0.3) is 10.0 Å². The number of alkyl halides is 3. The van der Waals surface area contributed by atoms with Crippen LogP contribution in [0.3, 0.4) is 0 Å². The molecular formula is C26H23Cl3F3N3O4S. The second kappa shape index (κ2) is 12.7. The molecule has 1 N–H and O–H groups in total. The van der Waals surface area contributed by atoms with E-state index in [0.29, 0.717) is 27.0 Å². The van der Waals surface area contributed by atoms with Gasteiger partial charge < -0.3 is 10.2 Å². The quantitative estimate of drug-likeness (QED) is 0.311. The third-order valence-corrected chi connectivity index (χ3v) is 8.60. The van der Waals surface area contributed by atoms with Crippen molar-refractivity contribution >= 4 is 62.3 Å². The minimum absolute atomic E-state index is 0.184. The molecule has 0 aliphatic carbocycles. The number of rotatable bonds is 9. The molecule has 0 heterocycles. The zero-order chi connectivity index (χ0) is 29.8. The van der Waals surface area contributed by atoms with Crippen molar-refractivity contribution in [3.05, 3.63) is 92.9 Å². The van der Waals surface area contributed by atoms with Crippen LogP contribution in [-0.4, -0.2) is 44.8 Å². The lowest BCUT2D eigenvalue weighted by atomic mass is 10.1. The largest absolute Gasteiger partial charge is 0.416 e. The van der Waals surface area contributed by atoms with E-state index in [1.54, 1.807) is 6.07 Å². The highest BCUT2D eigenvalue weighted by atomic mass is 35.5. The van der Waals surface area contributed by atoms with Crippen molar-refractivity contribution < 1.29 is 31.2 Å². The van der Waals surface area contributed by atoms with Crippen LogP contribution >= 0.6 is 34.8 Å². The smallest absolute Gasteiger partial charge is 0.357 e. The Morgan fingerprint density at radius 1 is 0.950 bits per heavy atom. The molecule has 3 rings (SSSR count).